The fourth-order valence-electron chi connectivity index (χ4n) is 2.65. The molecule has 3 N–H and O–H groups in total. The minimum Gasteiger partial charge on any atom is -0.331 e. The summed E-state index contributed by atoms with van der Waals surface area (Å²) in [5.74, 6) is 1.16. The number of unbranched alkanes of at least 4 members (excludes halogenated alkanes) is 1. The fraction of sp³-hybridized carbons (Fsp3) is 0.588. The van der Waals surface area contributed by atoms with Gasteiger partial charge in [0.1, 0.15) is 5.82 Å². The van der Waals surface area contributed by atoms with Crippen molar-refractivity contribution >= 4 is 11.0 Å². The van der Waals surface area contributed by atoms with Gasteiger partial charge in [-0.2, -0.15) is 0 Å². The van der Waals surface area contributed by atoms with Gasteiger partial charge in [0.15, 0.2) is 0 Å². The first-order valence-electron chi connectivity index (χ1n) is 8.09. The van der Waals surface area contributed by atoms with E-state index >= 15 is 0 Å². The smallest absolute Gasteiger partial charge is 0.109 e. The van der Waals surface area contributed by atoms with E-state index in [1.54, 1.807) is 0 Å². The zero-order chi connectivity index (χ0) is 15.1. The van der Waals surface area contributed by atoms with E-state index in [0.717, 1.165) is 43.7 Å². The summed E-state index contributed by atoms with van der Waals surface area (Å²) in [6.45, 7) is 4.13. The van der Waals surface area contributed by atoms with Crippen LogP contribution in [0.25, 0.3) is 11.0 Å². The van der Waals surface area contributed by atoms with Crippen LogP contribution in [-0.2, 0) is 13.5 Å². The normalized spacial score (nSPS) is 12.9. The summed E-state index contributed by atoms with van der Waals surface area (Å²) in [5, 5.41) is 3.46. The maximum absolute atomic E-state index is 6.05. The van der Waals surface area contributed by atoms with Crippen LogP contribution >= 0.6 is 0 Å². The van der Waals surface area contributed by atoms with Crippen molar-refractivity contribution < 1.29 is 0 Å². The molecule has 2 rings (SSSR count). The summed E-state index contributed by atoms with van der Waals surface area (Å²) in [5.41, 5.74) is 8.35. The predicted molar refractivity (Wildman–Crippen MR) is 89.4 cm³/mol. The lowest BCUT2D eigenvalue weighted by Gasteiger charge is -2.12. The van der Waals surface area contributed by atoms with Crippen molar-refractivity contribution in [3.8, 4) is 0 Å². The number of imidazole rings is 1. The lowest BCUT2D eigenvalue weighted by molar-refractivity contribution is 0.517. The summed E-state index contributed by atoms with van der Waals surface area (Å²) in [6.07, 6.45) is 5.66. The van der Waals surface area contributed by atoms with Crippen molar-refractivity contribution in [1.29, 1.82) is 0 Å². The van der Waals surface area contributed by atoms with Crippen molar-refractivity contribution in [2.75, 3.05) is 13.1 Å². The average Bonchev–Trinajstić information content (AvgIpc) is 2.82. The molecule has 4 heteroatoms. The summed E-state index contributed by atoms with van der Waals surface area (Å²) in [7, 11) is 2.10. The Morgan fingerprint density at radius 3 is 2.86 bits per heavy atom. The van der Waals surface area contributed by atoms with Gasteiger partial charge < -0.3 is 15.6 Å². The lowest BCUT2D eigenvalue weighted by Crippen LogP contribution is -2.34. The topological polar surface area (TPSA) is 55.9 Å². The van der Waals surface area contributed by atoms with E-state index in [1.807, 2.05) is 6.07 Å². The SMILES string of the molecule is CCCCC(N)CNCCCc1nc2ccccc2n1C. The summed E-state index contributed by atoms with van der Waals surface area (Å²) in [4.78, 5) is 4.70. The van der Waals surface area contributed by atoms with E-state index in [4.69, 9.17) is 10.7 Å². The van der Waals surface area contributed by atoms with E-state index in [1.165, 1.54) is 18.4 Å². The van der Waals surface area contributed by atoms with Gasteiger partial charge >= 0.3 is 0 Å². The van der Waals surface area contributed by atoms with Crippen LogP contribution < -0.4 is 11.1 Å². The van der Waals surface area contributed by atoms with Gasteiger partial charge in [-0.25, -0.2) is 4.98 Å². The highest BCUT2D eigenvalue weighted by molar-refractivity contribution is 5.75. The Balaban J connectivity index is 1.72. The second kappa shape index (κ2) is 8.15. The third-order valence-electron chi connectivity index (χ3n) is 3.97. The fourth-order valence-corrected chi connectivity index (χ4v) is 2.65. The molecule has 1 heterocycles. The Morgan fingerprint density at radius 1 is 1.29 bits per heavy atom. The molecule has 1 aromatic heterocycles. The van der Waals surface area contributed by atoms with Crippen LogP contribution in [-0.4, -0.2) is 28.7 Å². The molecule has 1 atom stereocenters. The van der Waals surface area contributed by atoms with Crippen molar-refractivity contribution in [3.63, 3.8) is 0 Å². The number of nitrogens with one attached hydrogen (secondary N) is 1. The Bertz CT molecular complexity index is 547. The molecule has 1 aromatic carbocycles. The van der Waals surface area contributed by atoms with Crippen molar-refractivity contribution in [3.05, 3.63) is 30.1 Å². The van der Waals surface area contributed by atoms with Gasteiger partial charge in [-0.15, -0.1) is 0 Å². The number of nitrogens with two attached hydrogens (primary N) is 1. The minimum atomic E-state index is 0.292. The highest BCUT2D eigenvalue weighted by atomic mass is 15.1. The van der Waals surface area contributed by atoms with Crippen LogP contribution in [0.3, 0.4) is 0 Å². The van der Waals surface area contributed by atoms with Crippen LogP contribution in [0, 0.1) is 0 Å². The van der Waals surface area contributed by atoms with Crippen LogP contribution in [0.4, 0.5) is 0 Å². The molecule has 0 aliphatic rings. The molecule has 116 valence electrons. The van der Waals surface area contributed by atoms with E-state index in [0.29, 0.717) is 6.04 Å². The van der Waals surface area contributed by atoms with Crippen LogP contribution in [0.15, 0.2) is 24.3 Å². The predicted octanol–water partition coefficient (Wildman–Crippen LogP) is 2.61. The molecule has 0 saturated heterocycles. The second-order valence-corrected chi connectivity index (χ2v) is 5.79. The highest BCUT2D eigenvalue weighted by Crippen LogP contribution is 2.14. The van der Waals surface area contributed by atoms with E-state index in [-0.39, 0.29) is 0 Å². The lowest BCUT2D eigenvalue weighted by atomic mass is 10.1. The summed E-state index contributed by atoms with van der Waals surface area (Å²) in [6, 6.07) is 8.59. The standard InChI is InChI=1S/C17H28N4/c1-3-4-8-14(18)13-19-12-7-11-17-20-15-9-5-6-10-16(15)21(17)2/h5-6,9-10,14,19H,3-4,7-8,11-13,18H2,1-2H3. The zero-order valence-electron chi connectivity index (χ0n) is 13.3. The number of hydrogen-bond donors (Lipinski definition) is 2. The van der Waals surface area contributed by atoms with E-state index in [9.17, 15) is 0 Å². The van der Waals surface area contributed by atoms with Gasteiger partial charge in [-0.05, 0) is 31.5 Å². The largest absolute Gasteiger partial charge is 0.331 e. The maximum atomic E-state index is 6.05. The van der Waals surface area contributed by atoms with Crippen molar-refractivity contribution in [2.45, 2.75) is 45.1 Å². The van der Waals surface area contributed by atoms with Crippen LogP contribution in [0.2, 0.25) is 0 Å². The zero-order valence-corrected chi connectivity index (χ0v) is 13.3. The van der Waals surface area contributed by atoms with Gasteiger partial charge in [0.05, 0.1) is 11.0 Å². The Morgan fingerprint density at radius 2 is 2.10 bits per heavy atom. The molecule has 1 unspecified atom stereocenters. The third kappa shape index (κ3) is 4.55. The van der Waals surface area contributed by atoms with Gasteiger partial charge in [-0.1, -0.05) is 31.9 Å². The first-order valence-corrected chi connectivity index (χ1v) is 8.09. The molecule has 0 bridgehead atoms. The molecule has 0 radical (unpaired) electrons. The number of aryl methyl sites for hydroxylation is 2. The number of aromatic nitrogens is 2. The molecule has 0 spiro atoms. The van der Waals surface area contributed by atoms with Gasteiger partial charge in [0, 0.05) is 26.1 Å². The molecule has 4 nitrogen and oxygen atoms in total. The van der Waals surface area contributed by atoms with Gasteiger partial charge in [0.2, 0.25) is 0 Å². The van der Waals surface area contributed by atoms with Crippen LogP contribution in [0.5, 0.6) is 0 Å². The Kier molecular flexibility index (Phi) is 6.21. The molecule has 0 fully saturated rings. The number of rotatable bonds is 9. The Labute approximate surface area is 127 Å². The van der Waals surface area contributed by atoms with Crippen molar-refractivity contribution in [2.24, 2.45) is 12.8 Å². The third-order valence-corrected chi connectivity index (χ3v) is 3.97. The minimum absolute atomic E-state index is 0.292. The number of nitrogens with zero attached hydrogens (tertiary/aromatic N) is 2. The van der Waals surface area contributed by atoms with Crippen LogP contribution in [0.1, 0.15) is 38.4 Å². The molecule has 0 saturated carbocycles. The number of fused-ring (bicyclic) bond motifs is 1. The molecule has 21 heavy (non-hydrogen) atoms. The molecule has 0 amide bonds. The maximum Gasteiger partial charge on any atom is 0.109 e. The molecule has 0 aliphatic carbocycles. The monoisotopic (exact) mass is 288 g/mol. The van der Waals surface area contributed by atoms with E-state index in [2.05, 4.69) is 42.1 Å². The number of hydrogen-bond acceptors (Lipinski definition) is 3. The molecule has 0 aliphatic heterocycles. The molecular weight excluding hydrogens is 260 g/mol. The first kappa shape index (κ1) is 16.0. The summed E-state index contributed by atoms with van der Waals surface area (Å²) < 4.78 is 2.20. The highest BCUT2D eigenvalue weighted by Gasteiger charge is 2.06. The second-order valence-electron chi connectivity index (χ2n) is 5.79. The first-order chi connectivity index (χ1) is 10.2. The quantitative estimate of drug-likeness (QED) is 0.697. The van der Waals surface area contributed by atoms with Gasteiger partial charge in [0.25, 0.3) is 0 Å². The van der Waals surface area contributed by atoms with E-state index < -0.39 is 0 Å². The van der Waals surface area contributed by atoms with Crippen molar-refractivity contribution in [1.82, 2.24) is 14.9 Å². The number of para-hydroxylation sites is 2. The summed E-state index contributed by atoms with van der Waals surface area (Å²) >= 11 is 0. The molecule has 2 aromatic rings. The average molecular weight is 288 g/mol. The number of benzene rings is 1. The molecular formula is C17H28N4. The van der Waals surface area contributed by atoms with Gasteiger partial charge in [-0.3, -0.25) is 0 Å². The Hall–Kier alpha value is -1.39.